The summed E-state index contributed by atoms with van der Waals surface area (Å²) in [5.74, 6) is -0.618. The zero-order valence-electron chi connectivity index (χ0n) is 24.3. The molecule has 2 aliphatic heterocycles. The molecule has 3 N–H and O–H groups in total. The third kappa shape index (κ3) is 7.13. The highest BCUT2D eigenvalue weighted by Crippen LogP contribution is 2.33. The van der Waals surface area contributed by atoms with Gasteiger partial charge in [-0.05, 0) is 66.7 Å². The number of halogens is 1. The summed E-state index contributed by atoms with van der Waals surface area (Å²) in [7, 11) is 0. The summed E-state index contributed by atoms with van der Waals surface area (Å²) in [5.41, 5.74) is 5.61. The number of hydrogen-bond acceptors (Lipinski definition) is 9. The largest absolute Gasteiger partial charge is 0.378 e. The van der Waals surface area contributed by atoms with E-state index in [0.717, 1.165) is 55.0 Å². The summed E-state index contributed by atoms with van der Waals surface area (Å²) < 4.78 is 25.8. The predicted molar refractivity (Wildman–Crippen MR) is 172 cm³/mol. The molecule has 2 fully saturated rings. The second kappa shape index (κ2) is 13.5. The van der Waals surface area contributed by atoms with Crippen molar-refractivity contribution in [2.45, 2.75) is 0 Å². The SMILES string of the molecule is C=CC(=O)Nc1cc(F)cc(-c2nc(Nc3cccc(N4CCOCC4)c3)ncc2Nc2ccc(N3CCOCC3)cc2)c1. The Labute approximate surface area is 255 Å². The number of nitrogens with zero attached hydrogens (tertiary/aromatic N) is 4. The summed E-state index contributed by atoms with van der Waals surface area (Å²) in [6.07, 6.45) is 2.80. The van der Waals surface area contributed by atoms with Crippen LogP contribution in [-0.4, -0.2) is 68.5 Å². The molecular formula is C33H34FN7O3. The van der Waals surface area contributed by atoms with Gasteiger partial charge in [0.25, 0.3) is 0 Å². The van der Waals surface area contributed by atoms with E-state index in [1.54, 1.807) is 12.3 Å². The van der Waals surface area contributed by atoms with Gasteiger partial charge >= 0.3 is 0 Å². The summed E-state index contributed by atoms with van der Waals surface area (Å²) in [6.45, 7) is 9.62. The molecule has 11 heteroatoms. The Morgan fingerprint density at radius 3 is 2.23 bits per heavy atom. The van der Waals surface area contributed by atoms with Crippen LogP contribution in [0.1, 0.15) is 0 Å². The van der Waals surface area contributed by atoms with Crippen molar-refractivity contribution in [3.8, 4) is 11.3 Å². The zero-order valence-corrected chi connectivity index (χ0v) is 24.3. The molecule has 0 bridgehead atoms. The molecule has 0 radical (unpaired) electrons. The van der Waals surface area contributed by atoms with Gasteiger partial charge in [0.15, 0.2) is 0 Å². The first-order valence-electron chi connectivity index (χ1n) is 14.5. The second-order valence-corrected chi connectivity index (χ2v) is 10.4. The van der Waals surface area contributed by atoms with Crippen LogP contribution in [0.3, 0.4) is 0 Å². The number of amides is 1. The first-order chi connectivity index (χ1) is 21.5. The van der Waals surface area contributed by atoms with Gasteiger partial charge in [0.2, 0.25) is 11.9 Å². The summed E-state index contributed by atoms with van der Waals surface area (Å²) >= 11 is 0. The Morgan fingerprint density at radius 1 is 0.818 bits per heavy atom. The van der Waals surface area contributed by atoms with Crippen molar-refractivity contribution in [2.24, 2.45) is 0 Å². The van der Waals surface area contributed by atoms with E-state index in [9.17, 15) is 9.18 Å². The molecule has 226 valence electrons. The molecule has 4 aromatic rings. The van der Waals surface area contributed by atoms with Gasteiger partial charge in [-0.3, -0.25) is 4.79 Å². The van der Waals surface area contributed by atoms with Crippen molar-refractivity contribution in [2.75, 3.05) is 78.4 Å². The van der Waals surface area contributed by atoms with Gasteiger partial charge in [-0.15, -0.1) is 0 Å². The van der Waals surface area contributed by atoms with Crippen molar-refractivity contribution < 1.29 is 18.7 Å². The maximum absolute atomic E-state index is 14.8. The third-order valence-corrected chi connectivity index (χ3v) is 7.41. The smallest absolute Gasteiger partial charge is 0.247 e. The molecule has 3 heterocycles. The highest BCUT2D eigenvalue weighted by Gasteiger charge is 2.16. The Bertz CT molecular complexity index is 1620. The van der Waals surface area contributed by atoms with Crippen LogP contribution in [0.25, 0.3) is 11.3 Å². The van der Waals surface area contributed by atoms with Gasteiger partial charge in [0.1, 0.15) is 5.82 Å². The standard InChI is InChI=1S/C33H34FN7O3/c1-2-31(42)37-27-19-23(18-24(34)20-27)32-30(36-25-6-8-28(9-7-25)40-10-14-43-15-11-40)22-35-33(39-32)38-26-4-3-5-29(21-26)41-12-16-44-17-13-41/h2-9,18-22,36H,1,10-17H2,(H,37,42)(H,35,38,39). The maximum Gasteiger partial charge on any atom is 0.247 e. The summed E-state index contributed by atoms with van der Waals surface area (Å²) in [4.78, 5) is 25.9. The van der Waals surface area contributed by atoms with Crippen LogP contribution in [0.2, 0.25) is 0 Å². The number of nitrogens with one attached hydrogen (secondary N) is 3. The number of benzene rings is 3. The van der Waals surface area contributed by atoms with Crippen molar-refractivity contribution in [1.82, 2.24) is 9.97 Å². The van der Waals surface area contributed by atoms with Gasteiger partial charge in [-0.2, -0.15) is 0 Å². The van der Waals surface area contributed by atoms with Gasteiger partial charge in [0, 0.05) is 60.2 Å². The van der Waals surface area contributed by atoms with Crippen LogP contribution in [0, 0.1) is 5.82 Å². The van der Waals surface area contributed by atoms with Gasteiger partial charge in [-0.25, -0.2) is 14.4 Å². The molecule has 0 unspecified atom stereocenters. The lowest BCUT2D eigenvalue weighted by molar-refractivity contribution is -0.111. The predicted octanol–water partition coefficient (Wildman–Crippen LogP) is 5.57. The molecule has 1 amide bonds. The second-order valence-electron chi connectivity index (χ2n) is 10.4. The number of hydrogen-bond donors (Lipinski definition) is 3. The van der Waals surface area contributed by atoms with E-state index in [2.05, 4.69) is 55.5 Å². The molecule has 0 atom stereocenters. The molecule has 44 heavy (non-hydrogen) atoms. The van der Waals surface area contributed by atoms with Crippen molar-refractivity contribution in [3.63, 3.8) is 0 Å². The fourth-order valence-electron chi connectivity index (χ4n) is 5.21. The topological polar surface area (TPSA) is 104 Å². The van der Waals surface area contributed by atoms with Crippen molar-refractivity contribution in [3.05, 3.63) is 91.4 Å². The fourth-order valence-corrected chi connectivity index (χ4v) is 5.21. The van der Waals surface area contributed by atoms with E-state index < -0.39 is 11.7 Å². The van der Waals surface area contributed by atoms with E-state index in [0.29, 0.717) is 49.3 Å². The average Bonchev–Trinajstić information content (AvgIpc) is 3.06. The third-order valence-electron chi connectivity index (χ3n) is 7.41. The van der Waals surface area contributed by atoms with E-state index in [-0.39, 0.29) is 5.69 Å². The van der Waals surface area contributed by atoms with Gasteiger partial charge < -0.3 is 35.2 Å². The van der Waals surface area contributed by atoms with Gasteiger partial charge in [-0.1, -0.05) is 12.6 Å². The zero-order chi connectivity index (χ0) is 30.3. The van der Waals surface area contributed by atoms with Crippen LogP contribution >= 0.6 is 0 Å². The molecule has 0 saturated carbocycles. The molecule has 1 aromatic heterocycles. The van der Waals surface area contributed by atoms with E-state index in [1.165, 1.54) is 12.1 Å². The number of carbonyl (C=O) groups is 1. The van der Waals surface area contributed by atoms with E-state index >= 15 is 0 Å². The summed E-state index contributed by atoms with van der Waals surface area (Å²) in [5, 5.41) is 9.33. The Kier molecular flexibility index (Phi) is 8.95. The highest BCUT2D eigenvalue weighted by molar-refractivity contribution is 5.99. The minimum absolute atomic E-state index is 0.289. The number of ether oxygens (including phenoxy) is 2. The first-order valence-corrected chi connectivity index (χ1v) is 14.5. The lowest BCUT2D eigenvalue weighted by Gasteiger charge is -2.29. The maximum atomic E-state index is 14.8. The molecule has 10 nitrogen and oxygen atoms in total. The molecule has 0 aliphatic carbocycles. The Morgan fingerprint density at radius 2 is 1.52 bits per heavy atom. The van der Waals surface area contributed by atoms with Crippen LogP contribution in [0.4, 0.5) is 44.5 Å². The first kappa shape index (κ1) is 29.1. The lowest BCUT2D eigenvalue weighted by Crippen LogP contribution is -2.36. The molecule has 2 aliphatic rings. The summed E-state index contributed by atoms with van der Waals surface area (Å²) in [6, 6.07) is 20.4. The van der Waals surface area contributed by atoms with Crippen LogP contribution < -0.4 is 25.8 Å². The van der Waals surface area contributed by atoms with Gasteiger partial charge in [0.05, 0.1) is 44.0 Å². The molecular weight excluding hydrogens is 561 g/mol. The number of morpholine rings is 2. The minimum atomic E-state index is -0.519. The average molecular weight is 596 g/mol. The number of aromatic nitrogens is 2. The molecule has 6 rings (SSSR count). The molecule has 0 spiro atoms. The molecule has 3 aromatic carbocycles. The van der Waals surface area contributed by atoms with Crippen LogP contribution in [0.5, 0.6) is 0 Å². The quantitative estimate of drug-likeness (QED) is 0.214. The Balaban J connectivity index is 1.31. The van der Waals surface area contributed by atoms with E-state index in [1.807, 2.05) is 30.3 Å². The van der Waals surface area contributed by atoms with Crippen molar-refractivity contribution >= 4 is 46.0 Å². The van der Waals surface area contributed by atoms with Crippen LogP contribution in [0.15, 0.2) is 85.6 Å². The lowest BCUT2D eigenvalue weighted by atomic mass is 10.1. The van der Waals surface area contributed by atoms with Crippen LogP contribution in [-0.2, 0) is 14.3 Å². The van der Waals surface area contributed by atoms with Crippen molar-refractivity contribution in [1.29, 1.82) is 0 Å². The highest BCUT2D eigenvalue weighted by atomic mass is 19.1. The number of anilines is 7. The normalized spacial score (nSPS) is 15.0. The fraction of sp³-hybridized carbons (Fsp3) is 0.242. The minimum Gasteiger partial charge on any atom is -0.378 e. The number of carbonyl (C=O) groups excluding carboxylic acids is 1. The Hall–Kier alpha value is -5.00. The number of rotatable bonds is 9. The van der Waals surface area contributed by atoms with E-state index in [4.69, 9.17) is 14.5 Å². The monoisotopic (exact) mass is 595 g/mol. The molecule has 2 saturated heterocycles.